The first-order chi connectivity index (χ1) is 16.1. The highest BCUT2D eigenvalue weighted by molar-refractivity contribution is 5.75. The van der Waals surface area contributed by atoms with E-state index in [0.29, 0.717) is 29.7 Å². The molecule has 1 aliphatic heterocycles. The molecule has 3 fully saturated rings. The number of hydrogen-bond donors (Lipinski definition) is 2. The van der Waals surface area contributed by atoms with E-state index in [1.54, 1.807) is 18.5 Å². The highest BCUT2D eigenvalue weighted by atomic mass is 19.3. The minimum atomic E-state index is -2.79. The second-order valence-electron chi connectivity index (χ2n) is 9.67. The first-order valence-corrected chi connectivity index (χ1v) is 11.5. The van der Waals surface area contributed by atoms with Crippen molar-refractivity contribution >= 4 is 11.7 Å². The van der Waals surface area contributed by atoms with Gasteiger partial charge in [0.15, 0.2) is 5.65 Å². The molecule has 0 radical (unpaired) electrons. The largest absolute Gasteiger partial charge is 0.382 e. The van der Waals surface area contributed by atoms with Gasteiger partial charge in [0.25, 0.3) is 5.92 Å². The summed E-state index contributed by atoms with van der Waals surface area (Å²) in [6.45, 7) is -0.0459. The quantitative estimate of drug-likeness (QED) is 0.614. The predicted molar refractivity (Wildman–Crippen MR) is 113 cm³/mol. The fourth-order valence-electron chi connectivity index (χ4n) is 5.29. The lowest BCUT2D eigenvalue weighted by Gasteiger charge is -2.31. The predicted octanol–water partition coefficient (Wildman–Crippen LogP) is 3.15. The number of ether oxygens (including phenoxy) is 1. The van der Waals surface area contributed by atoms with Crippen LogP contribution in [0.3, 0.4) is 0 Å². The van der Waals surface area contributed by atoms with Gasteiger partial charge in [0, 0.05) is 38.6 Å². The molecule has 2 aliphatic carbocycles. The van der Waals surface area contributed by atoms with E-state index in [1.807, 2.05) is 0 Å². The van der Waals surface area contributed by atoms with E-state index in [9.17, 15) is 22.4 Å². The number of nitrogens with one attached hydrogen (secondary N) is 1. The Bertz CT molecular complexity index is 1070. The lowest BCUT2D eigenvalue weighted by atomic mass is 9.81. The molecule has 1 saturated heterocycles. The molecule has 0 aromatic carbocycles. The highest BCUT2D eigenvalue weighted by Gasteiger charge is 2.69. The minimum Gasteiger partial charge on any atom is -0.382 e. The van der Waals surface area contributed by atoms with Crippen LogP contribution in [0.4, 0.5) is 22.4 Å². The second-order valence-corrected chi connectivity index (χ2v) is 9.67. The second kappa shape index (κ2) is 8.33. The summed E-state index contributed by atoms with van der Waals surface area (Å²) in [6, 6.07) is 0.168. The average molecular weight is 484 g/mol. The standard InChI is InChI=1S/C22H28F4N6O2/c1-34-11-17(31-9-15-14(22(15,25)26)8-28-20(31)33)13-6-18-30-16(10-32(18)29-7-13)19(27)12-2-4-21(23,24)5-3-12/h6-7,10,12,14-15,17,19H,2-5,8-9,11,27H2,1H3,(H,28,33)/t14-,15+,17+,19-/m0/s1. The van der Waals surface area contributed by atoms with E-state index < -0.39 is 41.8 Å². The van der Waals surface area contributed by atoms with Crippen LogP contribution in [0.25, 0.3) is 5.65 Å². The number of urea groups is 1. The Hall–Kier alpha value is -2.47. The number of fused-ring (bicyclic) bond motifs is 2. The third-order valence-electron chi connectivity index (χ3n) is 7.55. The number of carbonyl (C=O) groups excluding carboxylic acids is 1. The maximum absolute atomic E-state index is 14.0. The Kier molecular flexibility index (Phi) is 5.70. The van der Waals surface area contributed by atoms with E-state index in [1.165, 1.54) is 16.5 Å². The number of amides is 2. The number of methoxy groups -OCH3 is 1. The van der Waals surface area contributed by atoms with Gasteiger partial charge in [-0.2, -0.15) is 5.10 Å². The molecule has 2 aromatic heterocycles. The molecule has 2 aromatic rings. The van der Waals surface area contributed by atoms with Crippen molar-refractivity contribution < 1.29 is 27.1 Å². The molecule has 12 heteroatoms. The van der Waals surface area contributed by atoms with Crippen molar-refractivity contribution in [2.45, 2.75) is 49.6 Å². The molecule has 3 heterocycles. The van der Waals surface area contributed by atoms with Gasteiger partial charge in [-0.25, -0.2) is 31.9 Å². The van der Waals surface area contributed by atoms with Gasteiger partial charge >= 0.3 is 6.03 Å². The molecule has 2 saturated carbocycles. The Morgan fingerprint density at radius 3 is 2.71 bits per heavy atom. The zero-order valence-corrected chi connectivity index (χ0v) is 18.8. The van der Waals surface area contributed by atoms with Crippen molar-refractivity contribution in [2.75, 3.05) is 26.8 Å². The molecule has 0 bridgehead atoms. The van der Waals surface area contributed by atoms with Crippen molar-refractivity contribution in [1.82, 2.24) is 24.8 Å². The normalized spacial score (nSPS) is 28.2. The van der Waals surface area contributed by atoms with Gasteiger partial charge in [0.05, 0.1) is 48.6 Å². The summed E-state index contributed by atoms with van der Waals surface area (Å²) in [5.74, 6) is -7.25. The molecular formula is C22H28F4N6O2. The molecular weight excluding hydrogens is 456 g/mol. The number of hydrogen-bond acceptors (Lipinski definition) is 5. The summed E-state index contributed by atoms with van der Waals surface area (Å²) in [5.41, 5.74) is 7.98. The first-order valence-electron chi connectivity index (χ1n) is 11.5. The van der Waals surface area contributed by atoms with Crippen molar-refractivity contribution in [3.8, 4) is 0 Å². The molecule has 3 N–H and O–H groups in total. The molecule has 3 aliphatic rings. The van der Waals surface area contributed by atoms with Crippen LogP contribution in [0.5, 0.6) is 0 Å². The van der Waals surface area contributed by atoms with E-state index in [2.05, 4.69) is 15.4 Å². The van der Waals surface area contributed by atoms with Gasteiger partial charge in [0.1, 0.15) is 0 Å². The fraction of sp³-hybridized carbons (Fsp3) is 0.682. The van der Waals surface area contributed by atoms with E-state index >= 15 is 0 Å². The first kappa shape index (κ1) is 23.3. The Balaban J connectivity index is 1.38. The van der Waals surface area contributed by atoms with Gasteiger partial charge in [-0.15, -0.1) is 0 Å². The molecule has 8 nitrogen and oxygen atoms in total. The van der Waals surface area contributed by atoms with Crippen molar-refractivity contribution in [3.05, 3.63) is 29.7 Å². The van der Waals surface area contributed by atoms with E-state index in [0.717, 1.165) is 0 Å². The van der Waals surface area contributed by atoms with Crippen LogP contribution < -0.4 is 11.1 Å². The van der Waals surface area contributed by atoms with Crippen LogP contribution in [0.2, 0.25) is 0 Å². The Morgan fingerprint density at radius 2 is 2.00 bits per heavy atom. The third kappa shape index (κ3) is 4.10. The number of halogens is 4. The number of rotatable bonds is 6. The number of nitrogens with two attached hydrogens (primary N) is 1. The van der Waals surface area contributed by atoms with Gasteiger partial charge in [-0.3, -0.25) is 0 Å². The maximum atomic E-state index is 14.0. The fourth-order valence-corrected chi connectivity index (χ4v) is 5.29. The zero-order valence-electron chi connectivity index (χ0n) is 18.8. The molecule has 0 unspecified atom stereocenters. The molecule has 186 valence electrons. The van der Waals surface area contributed by atoms with Gasteiger partial charge in [0.2, 0.25) is 5.92 Å². The summed E-state index contributed by atoms with van der Waals surface area (Å²) >= 11 is 0. The molecule has 2 amide bonds. The molecule has 5 rings (SSSR count). The minimum absolute atomic E-state index is 0.0570. The van der Waals surface area contributed by atoms with Gasteiger partial charge in [-0.05, 0) is 24.8 Å². The number of aromatic nitrogens is 3. The van der Waals surface area contributed by atoms with Crippen LogP contribution in [-0.4, -0.2) is 64.2 Å². The Morgan fingerprint density at radius 1 is 1.26 bits per heavy atom. The Labute approximate surface area is 193 Å². The molecule has 0 spiro atoms. The van der Waals surface area contributed by atoms with E-state index in [4.69, 9.17) is 10.5 Å². The van der Waals surface area contributed by atoms with Crippen molar-refractivity contribution in [3.63, 3.8) is 0 Å². The van der Waals surface area contributed by atoms with Gasteiger partial charge in [-0.1, -0.05) is 0 Å². The third-order valence-corrected chi connectivity index (χ3v) is 7.55. The summed E-state index contributed by atoms with van der Waals surface area (Å²) in [7, 11) is 1.48. The van der Waals surface area contributed by atoms with Crippen molar-refractivity contribution in [1.29, 1.82) is 0 Å². The average Bonchev–Trinajstić information content (AvgIpc) is 3.13. The number of nitrogens with zero attached hydrogens (tertiary/aromatic N) is 4. The number of alkyl halides is 4. The summed E-state index contributed by atoms with van der Waals surface area (Å²) in [4.78, 5) is 18.6. The topological polar surface area (TPSA) is 97.8 Å². The van der Waals surface area contributed by atoms with Crippen LogP contribution in [0.15, 0.2) is 18.5 Å². The summed E-state index contributed by atoms with van der Waals surface area (Å²) < 4.78 is 61.9. The highest BCUT2D eigenvalue weighted by Crippen LogP contribution is 2.56. The van der Waals surface area contributed by atoms with Crippen LogP contribution in [-0.2, 0) is 4.74 Å². The van der Waals surface area contributed by atoms with E-state index in [-0.39, 0.29) is 38.5 Å². The van der Waals surface area contributed by atoms with Crippen LogP contribution in [0, 0.1) is 17.8 Å². The number of imidazole rings is 1. The SMILES string of the molecule is COC[C@H](c1cnn2cc([C@@H](N)C3CCC(F)(F)CC3)nc2c1)N1C[C@@H]2[C@H](CNC1=O)C2(F)F. The maximum Gasteiger partial charge on any atom is 0.318 e. The molecule has 4 atom stereocenters. The van der Waals surface area contributed by atoms with Crippen LogP contribution in [0.1, 0.15) is 49.0 Å². The summed E-state index contributed by atoms with van der Waals surface area (Å²) in [5, 5.41) is 6.96. The van der Waals surface area contributed by atoms with Crippen molar-refractivity contribution in [2.24, 2.45) is 23.5 Å². The lowest BCUT2D eigenvalue weighted by molar-refractivity contribution is -0.0484. The van der Waals surface area contributed by atoms with Crippen LogP contribution >= 0.6 is 0 Å². The smallest absolute Gasteiger partial charge is 0.318 e. The number of carbonyl (C=O) groups is 1. The van der Waals surface area contributed by atoms with Gasteiger partial charge < -0.3 is 20.7 Å². The summed E-state index contributed by atoms with van der Waals surface area (Å²) in [6.07, 6.45) is 3.52. The lowest BCUT2D eigenvalue weighted by Crippen LogP contribution is -2.44. The monoisotopic (exact) mass is 484 g/mol. The molecule has 34 heavy (non-hydrogen) atoms. The zero-order chi connectivity index (χ0) is 24.3.